The number of halogens is 2. The Morgan fingerprint density at radius 3 is 2.53 bits per heavy atom. The summed E-state index contributed by atoms with van der Waals surface area (Å²) in [5.41, 5.74) is 2.95. The van der Waals surface area contributed by atoms with Crippen molar-refractivity contribution in [3.8, 4) is 17.4 Å². The van der Waals surface area contributed by atoms with E-state index in [1.54, 1.807) is 31.3 Å². The van der Waals surface area contributed by atoms with Crippen molar-refractivity contribution in [2.24, 2.45) is 0 Å². The van der Waals surface area contributed by atoms with Gasteiger partial charge in [-0.05, 0) is 54.8 Å². The normalized spacial score (nSPS) is 11.3. The Morgan fingerprint density at radius 1 is 1.13 bits per heavy atom. The highest BCUT2D eigenvalue weighted by Gasteiger charge is 2.12. The molecule has 0 amide bonds. The number of benzene rings is 2. The zero-order valence-corrected chi connectivity index (χ0v) is 17.9. The molecule has 0 aliphatic heterocycles. The lowest BCUT2D eigenvalue weighted by atomic mass is 10.0. The molecule has 1 aromatic heterocycles. The van der Waals surface area contributed by atoms with Gasteiger partial charge in [-0.3, -0.25) is 0 Å². The number of hydrogen-bond acceptors (Lipinski definition) is 4. The Morgan fingerprint density at radius 2 is 1.90 bits per heavy atom. The maximum absolute atomic E-state index is 10.9. The molecule has 0 saturated heterocycles. The highest BCUT2D eigenvalue weighted by atomic mass is 35.5. The third kappa shape index (κ3) is 5.53. The number of aryl methyl sites for hydroxylation is 1. The number of nitrogens with zero attached hydrogens (tertiary/aromatic N) is 1. The van der Waals surface area contributed by atoms with Crippen LogP contribution in [0, 0.1) is 6.92 Å². The van der Waals surface area contributed by atoms with Gasteiger partial charge in [-0.25, -0.2) is 9.78 Å². The number of aromatic nitrogens is 1. The zero-order chi connectivity index (χ0) is 21.7. The average molecular weight is 444 g/mol. The lowest BCUT2D eigenvalue weighted by Gasteiger charge is -2.13. The molecular formula is C23H19Cl2NO4. The summed E-state index contributed by atoms with van der Waals surface area (Å²) in [4.78, 5) is 15.1. The Balaban J connectivity index is 1.71. The third-order valence-corrected chi connectivity index (χ3v) is 4.94. The fourth-order valence-electron chi connectivity index (χ4n) is 2.75. The Hall–Kier alpha value is -3.02. The van der Waals surface area contributed by atoms with Crippen LogP contribution in [-0.2, 0) is 11.4 Å². The van der Waals surface area contributed by atoms with Crippen molar-refractivity contribution in [3.63, 3.8) is 0 Å². The molecular weight excluding hydrogens is 425 g/mol. The van der Waals surface area contributed by atoms with Crippen molar-refractivity contribution in [2.75, 3.05) is 0 Å². The Labute approximate surface area is 184 Å². The van der Waals surface area contributed by atoms with Crippen molar-refractivity contribution >= 4 is 34.7 Å². The first-order valence-corrected chi connectivity index (χ1v) is 9.81. The van der Waals surface area contributed by atoms with Gasteiger partial charge in [0.1, 0.15) is 12.4 Å². The molecule has 0 bridgehead atoms. The molecule has 3 rings (SSSR count). The number of carbonyl (C=O) groups is 1. The summed E-state index contributed by atoms with van der Waals surface area (Å²) in [5, 5.41) is 9.92. The van der Waals surface area contributed by atoms with E-state index in [0.29, 0.717) is 45.2 Å². The van der Waals surface area contributed by atoms with E-state index >= 15 is 0 Å². The Bertz CT molecular complexity index is 1070. The number of rotatable bonds is 7. The molecule has 0 aliphatic rings. The monoisotopic (exact) mass is 443 g/mol. The van der Waals surface area contributed by atoms with E-state index in [0.717, 1.165) is 17.2 Å². The molecule has 1 N–H and O–H groups in total. The smallest absolute Gasteiger partial charge is 0.328 e. The summed E-state index contributed by atoms with van der Waals surface area (Å²) in [7, 11) is 0. The van der Waals surface area contributed by atoms with Gasteiger partial charge in [0, 0.05) is 22.7 Å². The molecule has 0 aliphatic carbocycles. The third-order valence-electron chi connectivity index (χ3n) is 4.29. The van der Waals surface area contributed by atoms with Crippen LogP contribution in [0.25, 0.3) is 5.57 Å². The SMILES string of the molecule is CC(=CC(=O)O)c1cc(C)c(Oc2ccc(OCc3ccccc3Cl)cn2)c(Cl)c1. The van der Waals surface area contributed by atoms with Crippen molar-refractivity contribution < 1.29 is 19.4 Å². The van der Waals surface area contributed by atoms with Gasteiger partial charge < -0.3 is 14.6 Å². The summed E-state index contributed by atoms with van der Waals surface area (Å²) < 4.78 is 11.6. The molecule has 0 spiro atoms. The molecule has 2 aromatic carbocycles. The van der Waals surface area contributed by atoms with E-state index < -0.39 is 5.97 Å². The van der Waals surface area contributed by atoms with E-state index in [1.807, 2.05) is 37.3 Å². The summed E-state index contributed by atoms with van der Waals surface area (Å²) in [6, 6.07) is 14.4. The van der Waals surface area contributed by atoms with Crippen molar-refractivity contribution in [1.29, 1.82) is 0 Å². The van der Waals surface area contributed by atoms with Crippen LogP contribution in [0.3, 0.4) is 0 Å². The fourth-order valence-corrected chi connectivity index (χ4v) is 3.25. The first kappa shape index (κ1) is 21.7. The fraction of sp³-hybridized carbons (Fsp3) is 0.130. The number of carboxylic acids is 1. The van der Waals surface area contributed by atoms with Gasteiger partial charge in [-0.2, -0.15) is 0 Å². The summed E-state index contributed by atoms with van der Waals surface area (Å²) >= 11 is 12.5. The topological polar surface area (TPSA) is 68.7 Å². The lowest BCUT2D eigenvalue weighted by molar-refractivity contribution is -0.131. The highest BCUT2D eigenvalue weighted by Crippen LogP contribution is 2.35. The number of pyridine rings is 1. The zero-order valence-electron chi connectivity index (χ0n) is 16.4. The number of carboxylic acid groups (broad SMARTS) is 1. The predicted octanol–water partition coefficient (Wildman–Crippen LogP) is 6.56. The van der Waals surface area contributed by atoms with Crippen LogP contribution in [0.4, 0.5) is 0 Å². The second kappa shape index (κ2) is 9.65. The molecule has 30 heavy (non-hydrogen) atoms. The van der Waals surface area contributed by atoms with Gasteiger partial charge in [-0.15, -0.1) is 0 Å². The molecule has 0 saturated carbocycles. The van der Waals surface area contributed by atoms with Crippen LogP contribution < -0.4 is 9.47 Å². The van der Waals surface area contributed by atoms with E-state index in [9.17, 15) is 4.79 Å². The van der Waals surface area contributed by atoms with Crippen LogP contribution in [0.1, 0.15) is 23.6 Å². The van der Waals surface area contributed by atoms with Crippen LogP contribution in [0.2, 0.25) is 10.0 Å². The highest BCUT2D eigenvalue weighted by molar-refractivity contribution is 6.32. The number of aliphatic carboxylic acids is 1. The molecule has 0 fully saturated rings. The molecule has 0 unspecified atom stereocenters. The minimum atomic E-state index is -1.01. The Kier molecular flexibility index (Phi) is 6.98. The van der Waals surface area contributed by atoms with E-state index in [-0.39, 0.29) is 0 Å². The van der Waals surface area contributed by atoms with E-state index in [4.69, 9.17) is 37.8 Å². The molecule has 1 heterocycles. The van der Waals surface area contributed by atoms with Gasteiger partial charge in [0.25, 0.3) is 0 Å². The predicted molar refractivity (Wildman–Crippen MR) is 118 cm³/mol. The maximum atomic E-state index is 10.9. The first-order valence-electron chi connectivity index (χ1n) is 9.05. The van der Waals surface area contributed by atoms with Crippen molar-refractivity contribution in [2.45, 2.75) is 20.5 Å². The molecule has 5 nitrogen and oxygen atoms in total. The van der Waals surface area contributed by atoms with E-state index in [1.165, 1.54) is 0 Å². The van der Waals surface area contributed by atoms with Gasteiger partial charge in [0.2, 0.25) is 5.88 Å². The second-order valence-corrected chi connectivity index (χ2v) is 7.40. The van der Waals surface area contributed by atoms with Crippen LogP contribution in [-0.4, -0.2) is 16.1 Å². The first-order chi connectivity index (χ1) is 14.3. The summed E-state index contributed by atoms with van der Waals surface area (Å²) in [5.74, 6) is 0.383. The summed E-state index contributed by atoms with van der Waals surface area (Å²) in [6.45, 7) is 3.87. The molecule has 0 atom stereocenters. The maximum Gasteiger partial charge on any atom is 0.328 e. The largest absolute Gasteiger partial charge is 0.487 e. The van der Waals surface area contributed by atoms with Gasteiger partial charge in [0.15, 0.2) is 5.75 Å². The average Bonchev–Trinajstić information content (AvgIpc) is 2.70. The van der Waals surface area contributed by atoms with Crippen LogP contribution >= 0.6 is 23.2 Å². The molecule has 154 valence electrons. The number of allylic oxidation sites excluding steroid dienone is 1. The standard InChI is InChI=1S/C23H19Cl2NO4/c1-14(10-22(27)28)17-9-15(2)23(20(25)11-17)30-21-8-7-18(12-26-21)29-13-16-5-3-4-6-19(16)24/h3-12H,13H2,1-2H3,(H,27,28). The second-order valence-electron chi connectivity index (χ2n) is 6.58. The number of hydrogen-bond donors (Lipinski definition) is 1. The summed E-state index contributed by atoms with van der Waals surface area (Å²) in [6.07, 6.45) is 2.69. The molecule has 0 radical (unpaired) electrons. The molecule has 7 heteroatoms. The van der Waals surface area contributed by atoms with Crippen LogP contribution in [0.15, 0.2) is 60.8 Å². The van der Waals surface area contributed by atoms with Crippen molar-refractivity contribution in [3.05, 3.63) is 87.5 Å². The van der Waals surface area contributed by atoms with Gasteiger partial charge in [0.05, 0.1) is 11.2 Å². The number of ether oxygens (including phenoxy) is 2. The lowest BCUT2D eigenvalue weighted by Crippen LogP contribution is -1.97. The van der Waals surface area contributed by atoms with Crippen molar-refractivity contribution in [1.82, 2.24) is 4.98 Å². The minimum absolute atomic E-state index is 0.331. The van der Waals surface area contributed by atoms with Gasteiger partial charge in [-0.1, -0.05) is 41.4 Å². The van der Waals surface area contributed by atoms with Crippen LogP contribution in [0.5, 0.6) is 17.4 Å². The van der Waals surface area contributed by atoms with Gasteiger partial charge >= 0.3 is 5.97 Å². The van der Waals surface area contributed by atoms with E-state index in [2.05, 4.69) is 4.98 Å². The minimum Gasteiger partial charge on any atom is -0.487 e. The molecule has 3 aromatic rings. The quantitative estimate of drug-likeness (QED) is 0.418.